The van der Waals surface area contributed by atoms with E-state index in [9.17, 15) is 9.18 Å². The van der Waals surface area contributed by atoms with Gasteiger partial charge in [-0.3, -0.25) is 4.79 Å². The molecule has 0 heterocycles. The summed E-state index contributed by atoms with van der Waals surface area (Å²) in [7, 11) is 0. The number of nitrogen functional groups attached to an aromatic ring is 1. The van der Waals surface area contributed by atoms with Crippen molar-refractivity contribution in [2.24, 2.45) is 5.92 Å². The Morgan fingerprint density at radius 2 is 2.11 bits per heavy atom. The molecule has 0 atom stereocenters. The summed E-state index contributed by atoms with van der Waals surface area (Å²) < 4.78 is 13.8. The van der Waals surface area contributed by atoms with Crippen molar-refractivity contribution in [3.05, 3.63) is 29.1 Å². The van der Waals surface area contributed by atoms with E-state index >= 15 is 0 Å². The maximum absolute atomic E-state index is 13.8. The second-order valence-electron chi connectivity index (χ2n) is 4.99. The minimum Gasteiger partial charge on any atom is -0.399 e. The molecule has 1 rings (SSSR count). The van der Waals surface area contributed by atoms with Crippen LogP contribution in [0.1, 0.15) is 42.6 Å². The lowest BCUT2D eigenvalue weighted by molar-refractivity contribution is 0.0948. The van der Waals surface area contributed by atoms with Crippen LogP contribution in [0.25, 0.3) is 0 Å². The van der Waals surface area contributed by atoms with Crippen molar-refractivity contribution < 1.29 is 9.18 Å². The maximum atomic E-state index is 13.8. The molecule has 0 aliphatic rings. The minimum atomic E-state index is -0.495. The Hall–Kier alpha value is -1.58. The molecule has 1 aromatic rings. The van der Waals surface area contributed by atoms with E-state index in [1.165, 1.54) is 12.1 Å². The van der Waals surface area contributed by atoms with Crippen molar-refractivity contribution in [3.63, 3.8) is 0 Å². The van der Waals surface area contributed by atoms with Crippen molar-refractivity contribution in [2.45, 2.75) is 33.6 Å². The zero-order valence-corrected chi connectivity index (χ0v) is 11.2. The number of rotatable bonds is 5. The quantitative estimate of drug-likeness (QED) is 0.625. The normalized spacial score (nSPS) is 10.7. The Balaban J connectivity index is 2.62. The van der Waals surface area contributed by atoms with Gasteiger partial charge >= 0.3 is 0 Å². The van der Waals surface area contributed by atoms with E-state index in [-0.39, 0.29) is 5.56 Å². The van der Waals surface area contributed by atoms with E-state index in [0.29, 0.717) is 23.7 Å². The fourth-order valence-corrected chi connectivity index (χ4v) is 1.77. The first-order valence-corrected chi connectivity index (χ1v) is 6.25. The van der Waals surface area contributed by atoms with Gasteiger partial charge in [-0.25, -0.2) is 4.39 Å². The van der Waals surface area contributed by atoms with Crippen LogP contribution in [0.5, 0.6) is 0 Å². The third kappa shape index (κ3) is 4.02. The van der Waals surface area contributed by atoms with E-state index < -0.39 is 11.7 Å². The lowest BCUT2D eigenvalue weighted by atomic mass is 10.1. The molecular formula is C14H21FN2O. The highest BCUT2D eigenvalue weighted by Gasteiger charge is 2.14. The monoisotopic (exact) mass is 252 g/mol. The van der Waals surface area contributed by atoms with Crippen LogP contribution in [0.15, 0.2) is 12.1 Å². The Kier molecular flexibility index (Phi) is 5.13. The molecule has 100 valence electrons. The van der Waals surface area contributed by atoms with E-state index in [1.54, 1.807) is 6.92 Å². The molecule has 0 fully saturated rings. The predicted molar refractivity (Wildman–Crippen MR) is 72.0 cm³/mol. The lowest BCUT2D eigenvalue weighted by Crippen LogP contribution is -2.26. The number of carbonyl (C=O) groups is 1. The molecule has 0 saturated carbocycles. The van der Waals surface area contributed by atoms with E-state index in [0.717, 1.165) is 12.8 Å². The van der Waals surface area contributed by atoms with Crippen LogP contribution < -0.4 is 11.1 Å². The zero-order chi connectivity index (χ0) is 13.7. The average molecular weight is 252 g/mol. The molecule has 0 aliphatic carbocycles. The topological polar surface area (TPSA) is 55.1 Å². The van der Waals surface area contributed by atoms with Crippen LogP contribution >= 0.6 is 0 Å². The van der Waals surface area contributed by atoms with Crippen molar-refractivity contribution in [1.82, 2.24) is 5.32 Å². The number of hydrogen-bond acceptors (Lipinski definition) is 2. The number of nitrogens with one attached hydrogen (secondary N) is 1. The van der Waals surface area contributed by atoms with Crippen molar-refractivity contribution in [3.8, 4) is 0 Å². The second kappa shape index (κ2) is 6.38. The van der Waals surface area contributed by atoms with Crippen molar-refractivity contribution in [1.29, 1.82) is 0 Å². The van der Waals surface area contributed by atoms with Gasteiger partial charge in [-0.1, -0.05) is 13.8 Å². The van der Waals surface area contributed by atoms with Crippen LogP contribution in [-0.4, -0.2) is 12.5 Å². The summed E-state index contributed by atoms with van der Waals surface area (Å²) in [5.41, 5.74) is 6.43. The summed E-state index contributed by atoms with van der Waals surface area (Å²) in [5, 5.41) is 2.72. The first-order valence-electron chi connectivity index (χ1n) is 6.25. The van der Waals surface area contributed by atoms with Gasteiger partial charge in [0, 0.05) is 12.2 Å². The van der Waals surface area contributed by atoms with E-state index in [1.807, 2.05) is 0 Å². The number of carbonyl (C=O) groups excluding carboxylic acids is 1. The Bertz CT molecular complexity index is 430. The summed E-state index contributed by atoms with van der Waals surface area (Å²) in [4.78, 5) is 11.8. The Morgan fingerprint density at radius 3 is 2.72 bits per heavy atom. The molecule has 3 N–H and O–H groups in total. The van der Waals surface area contributed by atoms with Crippen molar-refractivity contribution >= 4 is 11.6 Å². The van der Waals surface area contributed by atoms with Crippen LogP contribution in [0, 0.1) is 18.7 Å². The molecule has 0 radical (unpaired) electrons. The molecule has 3 nitrogen and oxygen atoms in total. The summed E-state index contributed by atoms with van der Waals surface area (Å²) in [6.45, 7) is 6.41. The molecule has 4 heteroatoms. The van der Waals surface area contributed by atoms with Crippen LogP contribution in [0.2, 0.25) is 0 Å². The number of benzene rings is 1. The van der Waals surface area contributed by atoms with Gasteiger partial charge < -0.3 is 11.1 Å². The van der Waals surface area contributed by atoms with E-state index in [4.69, 9.17) is 5.73 Å². The summed E-state index contributed by atoms with van der Waals surface area (Å²) in [5.74, 6) is -0.287. The van der Waals surface area contributed by atoms with Gasteiger partial charge in [-0.2, -0.15) is 0 Å². The molecule has 0 spiro atoms. The predicted octanol–water partition coefficient (Wildman–Crippen LogP) is 2.88. The summed E-state index contributed by atoms with van der Waals surface area (Å²) in [6.07, 6.45) is 1.94. The van der Waals surface area contributed by atoms with Crippen LogP contribution in [0.4, 0.5) is 10.1 Å². The van der Waals surface area contributed by atoms with Gasteiger partial charge in [0.1, 0.15) is 5.82 Å². The molecule has 0 aromatic heterocycles. The number of halogens is 1. The molecular weight excluding hydrogens is 231 g/mol. The van der Waals surface area contributed by atoms with Crippen LogP contribution in [0.3, 0.4) is 0 Å². The van der Waals surface area contributed by atoms with Gasteiger partial charge in [-0.05, 0) is 43.4 Å². The van der Waals surface area contributed by atoms with Gasteiger partial charge in [0.2, 0.25) is 0 Å². The van der Waals surface area contributed by atoms with Gasteiger partial charge in [-0.15, -0.1) is 0 Å². The maximum Gasteiger partial charge on any atom is 0.254 e. The second-order valence-corrected chi connectivity index (χ2v) is 4.99. The first kappa shape index (κ1) is 14.5. The highest BCUT2D eigenvalue weighted by molar-refractivity contribution is 5.95. The standard InChI is InChI=1S/C14H21FN2O/c1-9(2)5-4-6-17-14(18)12-8-11(16)7-10(3)13(12)15/h7-9H,4-6,16H2,1-3H3,(H,17,18). The number of anilines is 1. The summed E-state index contributed by atoms with van der Waals surface area (Å²) in [6, 6.07) is 2.89. The van der Waals surface area contributed by atoms with Crippen LogP contribution in [-0.2, 0) is 0 Å². The fraction of sp³-hybridized carbons (Fsp3) is 0.500. The lowest BCUT2D eigenvalue weighted by Gasteiger charge is -2.09. The molecule has 1 amide bonds. The number of aryl methyl sites for hydroxylation is 1. The van der Waals surface area contributed by atoms with Gasteiger partial charge in [0.15, 0.2) is 0 Å². The highest BCUT2D eigenvalue weighted by Crippen LogP contribution is 2.17. The third-order valence-corrected chi connectivity index (χ3v) is 2.77. The molecule has 0 bridgehead atoms. The molecule has 0 aliphatic heterocycles. The smallest absolute Gasteiger partial charge is 0.254 e. The van der Waals surface area contributed by atoms with Gasteiger partial charge in [0.05, 0.1) is 5.56 Å². The highest BCUT2D eigenvalue weighted by atomic mass is 19.1. The number of amides is 1. The SMILES string of the molecule is Cc1cc(N)cc(C(=O)NCCCC(C)C)c1F. The van der Waals surface area contributed by atoms with Crippen molar-refractivity contribution in [2.75, 3.05) is 12.3 Å². The largest absolute Gasteiger partial charge is 0.399 e. The average Bonchev–Trinajstić information content (AvgIpc) is 2.28. The number of nitrogens with two attached hydrogens (primary N) is 1. The zero-order valence-electron chi connectivity index (χ0n) is 11.2. The molecule has 18 heavy (non-hydrogen) atoms. The van der Waals surface area contributed by atoms with E-state index in [2.05, 4.69) is 19.2 Å². The minimum absolute atomic E-state index is 0.0250. The molecule has 0 unspecified atom stereocenters. The summed E-state index contributed by atoms with van der Waals surface area (Å²) >= 11 is 0. The third-order valence-electron chi connectivity index (χ3n) is 2.77. The first-order chi connectivity index (χ1) is 8.41. The number of hydrogen-bond donors (Lipinski definition) is 2. The molecule has 1 aromatic carbocycles. The fourth-order valence-electron chi connectivity index (χ4n) is 1.77. The Morgan fingerprint density at radius 1 is 1.44 bits per heavy atom. The Labute approximate surface area is 108 Å². The van der Waals surface area contributed by atoms with Gasteiger partial charge in [0.25, 0.3) is 5.91 Å². The molecule has 0 saturated heterocycles.